The highest BCUT2D eigenvalue weighted by Crippen LogP contribution is 2.09. The third-order valence-electron chi connectivity index (χ3n) is 2.68. The summed E-state index contributed by atoms with van der Waals surface area (Å²) in [4.78, 5) is 11.6. The summed E-state index contributed by atoms with van der Waals surface area (Å²) in [6, 6.07) is -0.204. The minimum Gasteiger partial charge on any atom is -0.392 e. The van der Waals surface area contributed by atoms with Gasteiger partial charge in [-0.15, -0.1) is 0 Å². The van der Waals surface area contributed by atoms with Crippen molar-refractivity contribution < 1.29 is 9.90 Å². The number of aliphatic hydroxyl groups excluding tert-OH is 1. The van der Waals surface area contributed by atoms with Gasteiger partial charge < -0.3 is 15.7 Å². The molecule has 0 aliphatic carbocycles. The Morgan fingerprint density at radius 1 is 1.73 bits per heavy atom. The van der Waals surface area contributed by atoms with Crippen molar-refractivity contribution in [1.29, 1.82) is 0 Å². The predicted octanol–water partition coefficient (Wildman–Crippen LogP) is -0.0330. The molecule has 1 rings (SSSR count). The summed E-state index contributed by atoms with van der Waals surface area (Å²) in [7, 11) is 0. The van der Waals surface area contributed by atoms with Gasteiger partial charge in [-0.1, -0.05) is 6.92 Å². The van der Waals surface area contributed by atoms with E-state index in [9.17, 15) is 9.90 Å². The van der Waals surface area contributed by atoms with Crippen molar-refractivity contribution in [2.75, 3.05) is 19.3 Å². The van der Waals surface area contributed by atoms with Crippen LogP contribution in [0.3, 0.4) is 0 Å². The zero-order valence-electron chi connectivity index (χ0n) is 9.32. The molecule has 0 aromatic heterocycles. The lowest BCUT2D eigenvalue weighted by Crippen LogP contribution is -2.41. The Balaban J connectivity index is 2.13. The monoisotopic (exact) mass is 232 g/mol. The largest absolute Gasteiger partial charge is 0.392 e. The van der Waals surface area contributed by atoms with Crippen LogP contribution in [0.2, 0.25) is 0 Å². The van der Waals surface area contributed by atoms with E-state index in [-0.39, 0.29) is 18.1 Å². The summed E-state index contributed by atoms with van der Waals surface area (Å²) in [5.74, 6) is 0.0138. The number of rotatable bonds is 5. The van der Waals surface area contributed by atoms with Gasteiger partial charge in [-0.3, -0.25) is 4.79 Å². The molecule has 3 unspecified atom stereocenters. The van der Waals surface area contributed by atoms with E-state index < -0.39 is 0 Å². The van der Waals surface area contributed by atoms with Crippen molar-refractivity contribution in [3.05, 3.63) is 0 Å². The lowest BCUT2D eigenvalue weighted by atomic mass is 10.2. The van der Waals surface area contributed by atoms with Gasteiger partial charge in [0.05, 0.1) is 12.1 Å². The zero-order chi connectivity index (χ0) is 11.3. The number of carbonyl (C=O) groups is 1. The lowest BCUT2D eigenvalue weighted by molar-refractivity contribution is -0.122. The van der Waals surface area contributed by atoms with E-state index in [0.29, 0.717) is 18.2 Å². The number of aliphatic hydroxyl groups is 1. The van der Waals surface area contributed by atoms with Crippen LogP contribution >= 0.6 is 11.8 Å². The van der Waals surface area contributed by atoms with E-state index in [1.807, 2.05) is 0 Å². The Bertz CT molecular complexity index is 214. The molecule has 88 valence electrons. The summed E-state index contributed by atoms with van der Waals surface area (Å²) in [5.41, 5.74) is 0. The van der Waals surface area contributed by atoms with E-state index in [0.717, 1.165) is 13.0 Å². The normalized spacial score (nSPS) is 27.7. The molecule has 0 radical (unpaired) electrons. The number of hydrogen-bond acceptors (Lipinski definition) is 4. The molecule has 0 spiro atoms. The van der Waals surface area contributed by atoms with Gasteiger partial charge in [0.25, 0.3) is 0 Å². The number of amides is 1. The Morgan fingerprint density at radius 2 is 2.47 bits per heavy atom. The Hall–Kier alpha value is -0.260. The highest BCUT2D eigenvalue weighted by Gasteiger charge is 2.27. The van der Waals surface area contributed by atoms with E-state index in [4.69, 9.17) is 0 Å². The fourth-order valence-corrected chi connectivity index (χ4v) is 1.91. The molecule has 0 aromatic rings. The molecule has 1 saturated heterocycles. The minimum absolute atomic E-state index is 0.0138. The van der Waals surface area contributed by atoms with Gasteiger partial charge in [-0.25, -0.2) is 0 Å². The molecule has 5 heteroatoms. The smallest absolute Gasteiger partial charge is 0.237 e. The first-order chi connectivity index (χ1) is 7.13. The van der Waals surface area contributed by atoms with Crippen LogP contribution in [-0.2, 0) is 4.79 Å². The van der Waals surface area contributed by atoms with Crippen LogP contribution in [0, 0.1) is 0 Å². The van der Waals surface area contributed by atoms with Gasteiger partial charge in [0.2, 0.25) is 5.91 Å². The van der Waals surface area contributed by atoms with Gasteiger partial charge in [0.1, 0.15) is 0 Å². The van der Waals surface area contributed by atoms with Crippen molar-refractivity contribution >= 4 is 17.7 Å². The summed E-state index contributed by atoms with van der Waals surface area (Å²) >= 11 is 1.80. The van der Waals surface area contributed by atoms with Gasteiger partial charge in [-0.05, 0) is 19.1 Å². The maximum absolute atomic E-state index is 11.6. The summed E-state index contributed by atoms with van der Waals surface area (Å²) in [6.45, 7) is 3.39. The maximum atomic E-state index is 11.6. The van der Waals surface area contributed by atoms with Crippen LogP contribution in [0.15, 0.2) is 0 Å². The zero-order valence-corrected chi connectivity index (χ0v) is 10.1. The first-order valence-electron chi connectivity index (χ1n) is 5.35. The molecular weight excluding hydrogens is 212 g/mol. The molecule has 1 aliphatic rings. The molecule has 1 fully saturated rings. The molecular formula is C10H20N2O2S. The molecule has 4 nitrogen and oxygen atoms in total. The second-order valence-electron chi connectivity index (χ2n) is 3.98. The topological polar surface area (TPSA) is 61.4 Å². The standard InChI is InChI=1S/C10H20N2O2S/c1-7(15-2)3-4-11-10(14)9-5-8(13)6-12-9/h7-9,12-13H,3-6H2,1-2H3,(H,11,14). The van der Waals surface area contributed by atoms with Crippen LogP contribution < -0.4 is 10.6 Å². The molecule has 15 heavy (non-hydrogen) atoms. The third kappa shape index (κ3) is 4.40. The van der Waals surface area contributed by atoms with Gasteiger partial charge in [0, 0.05) is 18.3 Å². The van der Waals surface area contributed by atoms with Crippen LogP contribution in [-0.4, -0.2) is 47.8 Å². The van der Waals surface area contributed by atoms with Gasteiger partial charge in [-0.2, -0.15) is 11.8 Å². The summed E-state index contributed by atoms with van der Waals surface area (Å²) < 4.78 is 0. The molecule has 1 aliphatic heterocycles. The Kier molecular flexibility index (Phi) is 5.42. The van der Waals surface area contributed by atoms with Crippen molar-refractivity contribution in [1.82, 2.24) is 10.6 Å². The fourth-order valence-electron chi connectivity index (χ4n) is 1.56. The molecule has 0 bridgehead atoms. The van der Waals surface area contributed by atoms with E-state index >= 15 is 0 Å². The number of thioether (sulfide) groups is 1. The average molecular weight is 232 g/mol. The van der Waals surface area contributed by atoms with Crippen molar-refractivity contribution in [2.24, 2.45) is 0 Å². The third-order valence-corrected chi connectivity index (χ3v) is 3.72. The maximum Gasteiger partial charge on any atom is 0.237 e. The SMILES string of the molecule is CSC(C)CCNC(=O)C1CC(O)CN1. The number of nitrogens with one attached hydrogen (secondary N) is 2. The van der Waals surface area contributed by atoms with E-state index in [1.54, 1.807) is 11.8 Å². The molecule has 3 N–H and O–H groups in total. The molecule has 1 heterocycles. The number of β-amino-alcohol motifs (C(OH)–C–C–N with tert-alkyl or cyclic N) is 1. The summed E-state index contributed by atoms with van der Waals surface area (Å²) in [5, 5.41) is 15.7. The fraction of sp³-hybridized carbons (Fsp3) is 0.900. The quantitative estimate of drug-likeness (QED) is 0.623. The highest BCUT2D eigenvalue weighted by atomic mass is 32.2. The molecule has 3 atom stereocenters. The highest BCUT2D eigenvalue weighted by molar-refractivity contribution is 7.99. The molecule has 0 aromatic carbocycles. The number of hydrogen-bond donors (Lipinski definition) is 3. The van der Waals surface area contributed by atoms with E-state index in [1.165, 1.54) is 0 Å². The predicted molar refractivity (Wildman–Crippen MR) is 63.0 cm³/mol. The van der Waals surface area contributed by atoms with Gasteiger partial charge >= 0.3 is 0 Å². The lowest BCUT2D eigenvalue weighted by Gasteiger charge is -2.12. The number of carbonyl (C=O) groups excluding carboxylic acids is 1. The Labute approximate surface area is 95.2 Å². The Morgan fingerprint density at radius 3 is 3.00 bits per heavy atom. The van der Waals surface area contributed by atoms with Crippen LogP contribution in [0.1, 0.15) is 19.8 Å². The summed E-state index contributed by atoms with van der Waals surface area (Å²) in [6.07, 6.45) is 3.22. The van der Waals surface area contributed by atoms with Crippen molar-refractivity contribution in [3.8, 4) is 0 Å². The van der Waals surface area contributed by atoms with Crippen LogP contribution in [0.5, 0.6) is 0 Å². The van der Waals surface area contributed by atoms with Crippen molar-refractivity contribution in [3.63, 3.8) is 0 Å². The first-order valence-corrected chi connectivity index (χ1v) is 6.64. The second kappa shape index (κ2) is 6.35. The van der Waals surface area contributed by atoms with Crippen molar-refractivity contribution in [2.45, 2.75) is 37.2 Å². The van der Waals surface area contributed by atoms with Crippen LogP contribution in [0.4, 0.5) is 0 Å². The second-order valence-corrected chi connectivity index (χ2v) is 5.25. The van der Waals surface area contributed by atoms with Crippen LogP contribution in [0.25, 0.3) is 0 Å². The van der Waals surface area contributed by atoms with E-state index in [2.05, 4.69) is 23.8 Å². The molecule has 1 amide bonds. The first kappa shape index (κ1) is 12.8. The minimum atomic E-state index is -0.370. The average Bonchev–Trinajstić information content (AvgIpc) is 2.64. The molecule has 0 saturated carbocycles. The van der Waals surface area contributed by atoms with Gasteiger partial charge in [0.15, 0.2) is 0 Å².